The number of hydrogen-bond acceptors (Lipinski definition) is 4. The van der Waals surface area contributed by atoms with Crippen LogP contribution in [0.3, 0.4) is 0 Å². The topological polar surface area (TPSA) is 63.1 Å². The number of fused-ring (bicyclic) bond motifs is 1. The molecule has 1 aromatic heterocycles. The number of rotatable bonds is 3. The van der Waals surface area contributed by atoms with Gasteiger partial charge in [0.05, 0.1) is 6.54 Å². The lowest BCUT2D eigenvalue weighted by Gasteiger charge is -2.32. The lowest BCUT2D eigenvalue weighted by atomic mass is 9.95. The smallest absolute Gasteiger partial charge is 0.253 e. The highest BCUT2D eigenvalue weighted by atomic mass is 35.5. The fourth-order valence-corrected chi connectivity index (χ4v) is 3.95. The monoisotopic (exact) mass is 389 g/mol. The predicted molar refractivity (Wildman–Crippen MR) is 107 cm³/mol. The molecule has 2 aromatic rings. The fraction of sp³-hybridized carbons (Fsp3) is 0.550. The Morgan fingerprint density at radius 3 is 2.48 bits per heavy atom. The number of halogens is 1. The molecule has 6 nitrogen and oxygen atoms in total. The highest BCUT2D eigenvalue weighted by molar-refractivity contribution is 5.94. The summed E-state index contributed by atoms with van der Waals surface area (Å²) >= 11 is 0. The summed E-state index contributed by atoms with van der Waals surface area (Å²) in [5, 5.41) is 12.1. The molecule has 3 heterocycles. The maximum Gasteiger partial charge on any atom is 0.253 e. The molecule has 27 heavy (non-hydrogen) atoms. The Kier molecular flexibility index (Phi) is 6.17. The Hall–Kier alpha value is -1.92. The predicted octanol–water partition coefficient (Wildman–Crippen LogP) is 2.95. The Bertz CT molecular complexity index is 778. The Morgan fingerprint density at radius 2 is 1.81 bits per heavy atom. The van der Waals surface area contributed by atoms with Gasteiger partial charge in [-0.2, -0.15) is 0 Å². The third-order valence-electron chi connectivity index (χ3n) is 5.62. The molecule has 146 valence electrons. The number of piperidine rings is 1. The van der Waals surface area contributed by atoms with Crippen LogP contribution in [0.25, 0.3) is 0 Å². The molecule has 1 fully saturated rings. The zero-order valence-electron chi connectivity index (χ0n) is 16.0. The number of amides is 1. The van der Waals surface area contributed by atoms with Gasteiger partial charge in [-0.15, -0.1) is 22.6 Å². The maximum absolute atomic E-state index is 12.8. The number of nitrogens with one attached hydrogen (secondary N) is 1. The van der Waals surface area contributed by atoms with Crippen molar-refractivity contribution in [1.29, 1.82) is 0 Å². The molecule has 0 aliphatic carbocycles. The highest BCUT2D eigenvalue weighted by Gasteiger charge is 2.29. The van der Waals surface area contributed by atoms with Gasteiger partial charge in [0.15, 0.2) is 0 Å². The minimum atomic E-state index is 0. The number of hydrogen-bond donors (Lipinski definition) is 1. The summed E-state index contributed by atoms with van der Waals surface area (Å²) in [4.78, 5) is 14.8. The zero-order chi connectivity index (χ0) is 18.1. The van der Waals surface area contributed by atoms with Gasteiger partial charge in [0.2, 0.25) is 0 Å². The van der Waals surface area contributed by atoms with Crippen molar-refractivity contribution in [2.75, 3.05) is 19.6 Å². The molecule has 0 spiro atoms. The van der Waals surface area contributed by atoms with Crippen LogP contribution in [-0.2, 0) is 13.1 Å². The second kappa shape index (κ2) is 8.40. The minimum Gasteiger partial charge on any atom is -0.339 e. The van der Waals surface area contributed by atoms with Crippen LogP contribution in [0, 0.1) is 0 Å². The summed E-state index contributed by atoms with van der Waals surface area (Å²) in [5.41, 5.74) is 2.06. The minimum absolute atomic E-state index is 0. The molecule has 7 heteroatoms. The molecule has 0 bridgehead atoms. The van der Waals surface area contributed by atoms with E-state index in [1.165, 1.54) is 5.56 Å². The van der Waals surface area contributed by atoms with Crippen LogP contribution in [0.2, 0.25) is 0 Å². The third kappa shape index (κ3) is 4.01. The van der Waals surface area contributed by atoms with Crippen molar-refractivity contribution >= 4 is 18.3 Å². The van der Waals surface area contributed by atoms with Crippen LogP contribution in [-0.4, -0.2) is 45.2 Å². The van der Waals surface area contributed by atoms with Gasteiger partial charge in [-0.3, -0.25) is 4.79 Å². The van der Waals surface area contributed by atoms with Crippen molar-refractivity contribution in [2.45, 2.75) is 51.6 Å². The standard InChI is InChI=1S/C20H27N5O.ClH/c1-14(2)15-3-5-17(6-4-15)20(26)24-10-7-16(8-11-24)19-23-22-18-13-21-9-12-25(18)19;/h3-6,14,16,21H,7-13H2,1-2H3;1H. The largest absolute Gasteiger partial charge is 0.339 e. The van der Waals surface area contributed by atoms with Crippen LogP contribution >= 0.6 is 12.4 Å². The lowest BCUT2D eigenvalue weighted by Crippen LogP contribution is -2.38. The highest BCUT2D eigenvalue weighted by Crippen LogP contribution is 2.28. The van der Waals surface area contributed by atoms with Gasteiger partial charge in [-0.1, -0.05) is 26.0 Å². The average Bonchev–Trinajstić information content (AvgIpc) is 3.12. The first-order chi connectivity index (χ1) is 12.6. The second-order valence-corrected chi connectivity index (χ2v) is 7.65. The number of aromatic nitrogens is 3. The van der Waals surface area contributed by atoms with Crippen molar-refractivity contribution < 1.29 is 4.79 Å². The molecule has 2 aliphatic rings. The Labute approximate surface area is 166 Å². The van der Waals surface area contributed by atoms with Crippen LogP contribution < -0.4 is 5.32 Å². The second-order valence-electron chi connectivity index (χ2n) is 7.65. The third-order valence-corrected chi connectivity index (χ3v) is 5.62. The van der Waals surface area contributed by atoms with Crippen LogP contribution in [0.5, 0.6) is 0 Å². The number of carbonyl (C=O) groups excluding carboxylic acids is 1. The number of likely N-dealkylation sites (tertiary alicyclic amines) is 1. The molecular weight excluding hydrogens is 362 g/mol. The van der Waals surface area contributed by atoms with Gasteiger partial charge in [-0.25, -0.2) is 0 Å². The first-order valence-corrected chi connectivity index (χ1v) is 9.65. The van der Waals surface area contributed by atoms with E-state index in [0.29, 0.717) is 11.8 Å². The van der Waals surface area contributed by atoms with E-state index >= 15 is 0 Å². The van der Waals surface area contributed by atoms with E-state index in [9.17, 15) is 4.79 Å². The van der Waals surface area contributed by atoms with Gasteiger partial charge in [0.25, 0.3) is 5.91 Å². The van der Waals surface area contributed by atoms with E-state index in [-0.39, 0.29) is 18.3 Å². The summed E-state index contributed by atoms with van der Waals surface area (Å²) < 4.78 is 2.27. The summed E-state index contributed by atoms with van der Waals surface area (Å²) in [7, 11) is 0. The quantitative estimate of drug-likeness (QED) is 0.876. The molecule has 0 radical (unpaired) electrons. The molecule has 1 aromatic carbocycles. The zero-order valence-corrected chi connectivity index (χ0v) is 16.8. The Balaban J connectivity index is 0.00000210. The van der Waals surface area contributed by atoms with E-state index in [2.05, 4.69) is 46.1 Å². The van der Waals surface area contributed by atoms with Gasteiger partial charge in [-0.05, 0) is 36.5 Å². The normalized spacial score (nSPS) is 17.5. The average molecular weight is 390 g/mol. The summed E-state index contributed by atoms with van der Waals surface area (Å²) in [6, 6.07) is 8.07. The molecule has 1 amide bonds. The van der Waals surface area contributed by atoms with Crippen molar-refractivity contribution in [3.63, 3.8) is 0 Å². The van der Waals surface area contributed by atoms with Gasteiger partial charge < -0.3 is 14.8 Å². The lowest BCUT2D eigenvalue weighted by molar-refractivity contribution is 0.0710. The van der Waals surface area contributed by atoms with Crippen molar-refractivity contribution in [3.05, 3.63) is 47.0 Å². The molecule has 1 N–H and O–H groups in total. The van der Waals surface area contributed by atoms with Gasteiger partial charge in [0.1, 0.15) is 11.6 Å². The van der Waals surface area contributed by atoms with E-state index in [4.69, 9.17) is 0 Å². The summed E-state index contributed by atoms with van der Waals surface area (Å²) in [6.45, 7) is 8.63. The molecule has 4 rings (SSSR count). The number of benzene rings is 1. The van der Waals surface area contributed by atoms with E-state index in [1.807, 2.05) is 17.0 Å². The van der Waals surface area contributed by atoms with Gasteiger partial charge >= 0.3 is 0 Å². The Morgan fingerprint density at radius 1 is 1.11 bits per heavy atom. The number of carbonyl (C=O) groups is 1. The molecule has 0 saturated carbocycles. The molecule has 0 atom stereocenters. The number of nitrogens with zero attached hydrogens (tertiary/aromatic N) is 4. The van der Waals surface area contributed by atoms with Crippen LogP contribution in [0.4, 0.5) is 0 Å². The summed E-state index contributed by atoms with van der Waals surface area (Å²) in [5.74, 6) is 3.18. The van der Waals surface area contributed by atoms with E-state index < -0.39 is 0 Å². The molecule has 0 unspecified atom stereocenters. The molecule has 1 saturated heterocycles. The molecule has 2 aliphatic heterocycles. The van der Waals surface area contributed by atoms with E-state index in [1.54, 1.807) is 0 Å². The van der Waals surface area contributed by atoms with Gasteiger partial charge in [0, 0.05) is 37.7 Å². The first-order valence-electron chi connectivity index (χ1n) is 9.65. The fourth-order valence-electron chi connectivity index (χ4n) is 3.95. The van der Waals surface area contributed by atoms with Crippen LogP contribution in [0.1, 0.15) is 66.1 Å². The van der Waals surface area contributed by atoms with Crippen molar-refractivity contribution in [1.82, 2.24) is 25.0 Å². The van der Waals surface area contributed by atoms with Crippen molar-refractivity contribution in [3.8, 4) is 0 Å². The van der Waals surface area contributed by atoms with E-state index in [0.717, 1.165) is 62.8 Å². The molecular formula is C20H28ClN5O. The maximum atomic E-state index is 12.8. The SMILES string of the molecule is CC(C)c1ccc(C(=O)N2CCC(c3nnc4n3CCNC4)CC2)cc1.Cl. The summed E-state index contributed by atoms with van der Waals surface area (Å²) in [6.07, 6.45) is 1.92. The van der Waals surface area contributed by atoms with Crippen molar-refractivity contribution in [2.24, 2.45) is 0 Å². The van der Waals surface area contributed by atoms with Crippen LogP contribution in [0.15, 0.2) is 24.3 Å². The first kappa shape index (κ1) is 19.8.